The van der Waals surface area contributed by atoms with E-state index in [1.54, 1.807) is 0 Å². The molecule has 1 saturated heterocycles. The SMILES string of the molecule is CCC1(C2CNC2)CC(C(F)(F)c2ccc(C(C)(F)F)cc2)C1. The van der Waals surface area contributed by atoms with Gasteiger partial charge in [-0.2, -0.15) is 0 Å². The minimum Gasteiger partial charge on any atom is -0.316 e. The van der Waals surface area contributed by atoms with Crippen molar-refractivity contribution in [3.8, 4) is 0 Å². The summed E-state index contributed by atoms with van der Waals surface area (Å²) in [5, 5.41) is 3.22. The number of rotatable bonds is 5. The van der Waals surface area contributed by atoms with Gasteiger partial charge in [-0.25, -0.2) is 17.6 Å². The first-order valence-corrected chi connectivity index (χ1v) is 8.26. The molecule has 1 aliphatic heterocycles. The van der Waals surface area contributed by atoms with Crippen LogP contribution in [0.25, 0.3) is 0 Å². The normalized spacial score (nSPS) is 29.0. The van der Waals surface area contributed by atoms with Crippen LogP contribution in [0.5, 0.6) is 0 Å². The van der Waals surface area contributed by atoms with Crippen LogP contribution in [0.1, 0.15) is 44.2 Å². The highest BCUT2D eigenvalue weighted by atomic mass is 19.3. The monoisotopic (exact) mass is 329 g/mol. The quantitative estimate of drug-likeness (QED) is 0.756. The third-order valence-electron chi connectivity index (χ3n) is 5.95. The van der Waals surface area contributed by atoms with Crippen LogP contribution < -0.4 is 5.32 Å². The maximum Gasteiger partial charge on any atom is 0.276 e. The van der Waals surface area contributed by atoms with Crippen LogP contribution in [0.4, 0.5) is 17.6 Å². The Bertz CT molecular complexity index is 551. The third-order valence-corrected chi connectivity index (χ3v) is 5.95. The lowest BCUT2D eigenvalue weighted by Gasteiger charge is -2.57. The van der Waals surface area contributed by atoms with Crippen LogP contribution in [0.3, 0.4) is 0 Å². The van der Waals surface area contributed by atoms with E-state index in [1.165, 1.54) is 0 Å². The highest BCUT2D eigenvalue weighted by Gasteiger charge is 2.58. The Morgan fingerprint density at radius 2 is 1.57 bits per heavy atom. The summed E-state index contributed by atoms with van der Waals surface area (Å²) in [5.74, 6) is -6.13. The van der Waals surface area contributed by atoms with Crippen LogP contribution in [-0.2, 0) is 11.8 Å². The molecule has 3 rings (SSSR count). The Labute approximate surface area is 134 Å². The first-order valence-electron chi connectivity index (χ1n) is 8.26. The van der Waals surface area contributed by atoms with E-state index >= 15 is 0 Å². The van der Waals surface area contributed by atoms with Crippen LogP contribution in [0.2, 0.25) is 0 Å². The second-order valence-corrected chi connectivity index (χ2v) is 7.26. The standard InChI is InChI=1S/C18H23F4N/c1-3-17(15-10-23-11-15)8-14(9-17)18(21,22)13-6-4-12(5-7-13)16(2,19)20/h4-7,14-15,23H,3,8-11H2,1-2H3. The highest BCUT2D eigenvalue weighted by molar-refractivity contribution is 5.29. The summed E-state index contributed by atoms with van der Waals surface area (Å²) in [6.07, 6.45) is 1.97. The van der Waals surface area contributed by atoms with E-state index in [-0.39, 0.29) is 16.5 Å². The fourth-order valence-corrected chi connectivity index (χ4v) is 4.03. The van der Waals surface area contributed by atoms with Crippen molar-refractivity contribution >= 4 is 0 Å². The van der Waals surface area contributed by atoms with Gasteiger partial charge in [0.15, 0.2) is 0 Å². The molecule has 0 aromatic heterocycles. The smallest absolute Gasteiger partial charge is 0.276 e. The Hall–Kier alpha value is -1.10. The fourth-order valence-electron chi connectivity index (χ4n) is 4.03. The zero-order valence-electron chi connectivity index (χ0n) is 13.5. The third kappa shape index (κ3) is 2.77. The predicted octanol–water partition coefficient (Wildman–Crippen LogP) is 4.92. The lowest BCUT2D eigenvalue weighted by atomic mass is 9.51. The first kappa shape index (κ1) is 16.7. The number of hydrogen-bond acceptors (Lipinski definition) is 1. The summed E-state index contributed by atoms with van der Waals surface area (Å²) in [5.41, 5.74) is -0.337. The molecule has 2 fully saturated rings. The van der Waals surface area contributed by atoms with E-state index in [0.717, 1.165) is 50.7 Å². The van der Waals surface area contributed by atoms with E-state index in [2.05, 4.69) is 12.2 Å². The van der Waals surface area contributed by atoms with Crippen molar-refractivity contribution in [3.63, 3.8) is 0 Å². The Kier molecular flexibility index (Phi) is 3.98. The van der Waals surface area contributed by atoms with Crippen LogP contribution in [-0.4, -0.2) is 13.1 Å². The van der Waals surface area contributed by atoms with Crippen molar-refractivity contribution in [1.29, 1.82) is 0 Å². The molecule has 0 amide bonds. The van der Waals surface area contributed by atoms with Gasteiger partial charge < -0.3 is 5.32 Å². The van der Waals surface area contributed by atoms with E-state index in [4.69, 9.17) is 0 Å². The summed E-state index contributed by atoms with van der Waals surface area (Å²) in [4.78, 5) is 0. The Balaban J connectivity index is 1.72. The lowest BCUT2D eigenvalue weighted by Crippen LogP contribution is -2.58. The second kappa shape index (κ2) is 5.47. The minimum atomic E-state index is -3.00. The van der Waals surface area contributed by atoms with E-state index in [9.17, 15) is 17.6 Å². The lowest BCUT2D eigenvalue weighted by molar-refractivity contribution is -0.165. The van der Waals surface area contributed by atoms with Gasteiger partial charge in [0.1, 0.15) is 0 Å². The maximum atomic E-state index is 14.7. The number of alkyl halides is 4. The average Bonchev–Trinajstić information content (AvgIpc) is 2.39. The molecular formula is C18H23F4N. The summed E-state index contributed by atoms with van der Waals surface area (Å²) in [7, 11) is 0. The second-order valence-electron chi connectivity index (χ2n) is 7.26. The molecular weight excluding hydrogens is 306 g/mol. The molecule has 5 heteroatoms. The van der Waals surface area contributed by atoms with E-state index < -0.39 is 17.8 Å². The molecule has 1 saturated carbocycles. The van der Waals surface area contributed by atoms with Crippen molar-refractivity contribution in [2.75, 3.05) is 13.1 Å². The molecule has 128 valence electrons. The zero-order chi connectivity index (χ0) is 16.9. The molecule has 0 atom stereocenters. The van der Waals surface area contributed by atoms with Crippen molar-refractivity contribution in [2.45, 2.75) is 45.0 Å². The van der Waals surface area contributed by atoms with Gasteiger partial charge >= 0.3 is 0 Å². The number of nitrogens with one attached hydrogen (secondary N) is 1. The predicted molar refractivity (Wildman–Crippen MR) is 81.7 cm³/mol. The van der Waals surface area contributed by atoms with Gasteiger partial charge in [-0.15, -0.1) is 0 Å². The molecule has 1 aromatic rings. The van der Waals surface area contributed by atoms with Crippen LogP contribution in [0, 0.1) is 17.3 Å². The Morgan fingerprint density at radius 1 is 1.04 bits per heavy atom. The van der Waals surface area contributed by atoms with Gasteiger partial charge in [0.25, 0.3) is 11.8 Å². The fraction of sp³-hybridized carbons (Fsp3) is 0.667. The first-order chi connectivity index (χ1) is 10.7. The molecule has 2 aliphatic rings. The van der Waals surface area contributed by atoms with Gasteiger partial charge in [-0.1, -0.05) is 37.6 Å². The molecule has 23 heavy (non-hydrogen) atoms. The topological polar surface area (TPSA) is 12.0 Å². The number of halogens is 4. The van der Waals surface area contributed by atoms with Crippen molar-refractivity contribution in [2.24, 2.45) is 17.3 Å². The molecule has 0 radical (unpaired) electrons. The number of hydrogen-bond donors (Lipinski definition) is 1. The molecule has 1 aromatic carbocycles. The molecule has 1 heterocycles. The summed E-state index contributed by atoms with van der Waals surface area (Å²) >= 11 is 0. The highest BCUT2D eigenvalue weighted by Crippen LogP contribution is 2.60. The summed E-state index contributed by atoms with van der Waals surface area (Å²) < 4.78 is 55.8. The molecule has 1 nitrogen and oxygen atoms in total. The Morgan fingerprint density at radius 3 is 1.96 bits per heavy atom. The minimum absolute atomic E-state index is 0.0374. The van der Waals surface area contributed by atoms with Crippen molar-refractivity contribution < 1.29 is 17.6 Å². The van der Waals surface area contributed by atoms with Gasteiger partial charge in [-0.05, 0) is 37.3 Å². The van der Waals surface area contributed by atoms with Gasteiger partial charge in [0.05, 0.1) is 0 Å². The molecule has 1 N–H and O–H groups in total. The molecule has 0 spiro atoms. The number of benzene rings is 1. The van der Waals surface area contributed by atoms with E-state index in [0.29, 0.717) is 18.8 Å². The van der Waals surface area contributed by atoms with Crippen molar-refractivity contribution in [1.82, 2.24) is 5.32 Å². The average molecular weight is 329 g/mol. The van der Waals surface area contributed by atoms with Gasteiger partial charge in [-0.3, -0.25) is 0 Å². The molecule has 0 unspecified atom stereocenters. The summed E-state index contributed by atoms with van der Waals surface area (Å²) in [6, 6.07) is 4.54. The largest absolute Gasteiger partial charge is 0.316 e. The summed E-state index contributed by atoms with van der Waals surface area (Å²) in [6.45, 7) is 4.69. The zero-order valence-corrected chi connectivity index (χ0v) is 13.5. The van der Waals surface area contributed by atoms with Crippen molar-refractivity contribution in [3.05, 3.63) is 35.4 Å². The maximum absolute atomic E-state index is 14.7. The molecule has 0 bridgehead atoms. The van der Waals surface area contributed by atoms with Crippen LogP contribution in [0.15, 0.2) is 24.3 Å². The molecule has 1 aliphatic carbocycles. The van der Waals surface area contributed by atoms with E-state index in [1.807, 2.05) is 0 Å². The van der Waals surface area contributed by atoms with Crippen LogP contribution >= 0.6 is 0 Å². The van der Waals surface area contributed by atoms with Gasteiger partial charge in [0, 0.05) is 24.0 Å². The van der Waals surface area contributed by atoms with Gasteiger partial charge in [0.2, 0.25) is 0 Å².